The number of amides is 1. The second-order valence-corrected chi connectivity index (χ2v) is 8.44. The first kappa shape index (κ1) is 21.7. The quantitative estimate of drug-likeness (QED) is 0.485. The van der Waals surface area contributed by atoms with Crippen LogP contribution in [0.5, 0.6) is 5.75 Å². The summed E-state index contributed by atoms with van der Waals surface area (Å²) in [4.78, 5) is 11.9. The summed E-state index contributed by atoms with van der Waals surface area (Å²) in [5, 5.41) is 3.44. The van der Waals surface area contributed by atoms with Gasteiger partial charge in [0.05, 0.1) is 0 Å². The molecule has 4 nitrogen and oxygen atoms in total. The maximum absolute atomic E-state index is 11.9. The molecule has 0 aliphatic rings. The van der Waals surface area contributed by atoms with Gasteiger partial charge in [-0.25, -0.2) is 4.79 Å². The largest absolute Gasteiger partial charge is 0.489 e. The van der Waals surface area contributed by atoms with E-state index in [9.17, 15) is 4.79 Å². The van der Waals surface area contributed by atoms with Gasteiger partial charge in [0.25, 0.3) is 0 Å². The summed E-state index contributed by atoms with van der Waals surface area (Å²) in [5.74, 6) is 0.814. The molecule has 5 heteroatoms. The fraction of sp³-hybridized carbons (Fsp3) is 0.240. The summed E-state index contributed by atoms with van der Waals surface area (Å²) in [6.07, 6.45) is -0.434. The van der Waals surface area contributed by atoms with Gasteiger partial charge in [-0.15, -0.1) is 0 Å². The number of carbonyl (C=O) groups is 1. The predicted octanol–water partition coefficient (Wildman–Crippen LogP) is 6.61. The molecule has 1 N–H and O–H groups in total. The molecule has 1 amide bonds. The van der Waals surface area contributed by atoms with Crippen LogP contribution in [0.4, 0.5) is 4.79 Å². The molecular formula is C25H26ClNO3. The van der Waals surface area contributed by atoms with Gasteiger partial charge in [-0.3, -0.25) is 0 Å². The fourth-order valence-corrected chi connectivity index (χ4v) is 3.19. The van der Waals surface area contributed by atoms with Crippen molar-refractivity contribution in [2.24, 2.45) is 0 Å². The molecule has 0 saturated carbocycles. The van der Waals surface area contributed by atoms with Crippen molar-refractivity contribution in [1.82, 2.24) is 5.32 Å². The SMILES string of the molecule is CC(C)(C)OC(=O)NCc1cccc(-c2cc(Cl)cc(COc3ccccc3)c2)c1. The first-order valence-electron chi connectivity index (χ1n) is 9.82. The zero-order valence-corrected chi connectivity index (χ0v) is 18.2. The van der Waals surface area contributed by atoms with Crippen LogP contribution in [0.3, 0.4) is 0 Å². The number of ether oxygens (including phenoxy) is 2. The van der Waals surface area contributed by atoms with E-state index in [0.717, 1.165) is 28.0 Å². The fourth-order valence-electron chi connectivity index (χ4n) is 2.93. The number of rotatable bonds is 6. The molecular weight excluding hydrogens is 398 g/mol. The Morgan fingerprint density at radius 1 is 0.900 bits per heavy atom. The van der Waals surface area contributed by atoms with E-state index >= 15 is 0 Å². The van der Waals surface area contributed by atoms with E-state index in [4.69, 9.17) is 21.1 Å². The lowest BCUT2D eigenvalue weighted by Crippen LogP contribution is -2.32. The zero-order valence-electron chi connectivity index (χ0n) is 17.4. The molecule has 3 aromatic rings. The summed E-state index contributed by atoms with van der Waals surface area (Å²) in [7, 11) is 0. The average Bonchev–Trinajstić information content (AvgIpc) is 2.70. The van der Waals surface area contributed by atoms with Crippen LogP contribution in [0.15, 0.2) is 72.8 Å². The molecule has 30 heavy (non-hydrogen) atoms. The highest BCUT2D eigenvalue weighted by atomic mass is 35.5. The molecule has 0 spiro atoms. The predicted molar refractivity (Wildman–Crippen MR) is 121 cm³/mol. The van der Waals surface area contributed by atoms with Gasteiger partial charge in [-0.2, -0.15) is 0 Å². The summed E-state index contributed by atoms with van der Waals surface area (Å²) in [6, 6.07) is 23.5. The van der Waals surface area contributed by atoms with E-state index in [1.807, 2.05) is 87.5 Å². The molecule has 0 atom stereocenters. The number of benzene rings is 3. The third-order valence-corrected chi connectivity index (χ3v) is 4.42. The number of hydrogen-bond donors (Lipinski definition) is 1. The Labute approximate surface area is 182 Å². The van der Waals surface area contributed by atoms with Crippen LogP contribution in [0.2, 0.25) is 5.02 Å². The van der Waals surface area contributed by atoms with E-state index in [-0.39, 0.29) is 0 Å². The highest BCUT2D eigenvalue weighted by molar-refractivity contribution is 6.31. The van der Waals surface area contributed by atoms with Crippen LogP contribution in [0.1, 0.15) is 31.9 Å². The Balaban J connectivity index is 1.70. The molecule has 0 bridgehead atoms. The van der Waals surface area contributed by atoms with E-state index < -0.39 is 11.7 Å². The van der Waals surface area contributed by atoms with Gasteiger partial charge in [-0.1, -0.05) is 48.0 Å². The number of carbonyl (C=O) groups excluding carboxylic acids is 1. The average molecular weight is 424 g/mol. The Bertz CT molecular complexity index is 997. The second-order valence-electron chi connectivity index (χ2n) is 8.01. The normalized spacial score (nSPS) is 11.1. The molecule has 156 valence electrons. The molecule has 0 aliphatic heterocycles. The highest BCUT2D eigenvalue weighted by Crippen LogP contribution is 2.26. The van der Waals surface area contributed by atoms with Crippen LogP contribution < -0.4 is 10.1 Å². The first-order chi connectivity index (χ1) is 14.3. The minimum absolute atomic E-state index is 0.382. The van der Waals surface area contributed by atoms with Crippen molar-refractivity contribution < 1.29 is 14.3 Å². The third kappa shape index (κ3) is 6.82. The lowest BCUT2D eigenvalue weighted by Gasteiger charge is -2.19. The minimum Gasteiger partial charge on any atom is -0.489 e. The zero-order chi connectivity index (χ0) is 21.6. The minimum atomic E-state index is -0.523. The van der Waals surface area contributed by atoms with Crippen LogP contribution in [-0.4, -0.2) is 11.7 Å². The molecule has 0 aliphatic carbocycles. The molecule has 0 fully saturated rings. The number of alkyl carbamates (subject to hydrolysis) is 1. The lowest BCUT2D eigenvalue weighted by molar-refractivity contribution is 0.0523. The summed E-state index contributed by atoms with van der Waals surface area (Å²) >= 11 is 6.36. The van der Waals surface area contributed by atoms with Gasteiger partial charge in [0.1, 0.15) is 18.0 Å². The molecule has 0 radical (unpaired) electrons. The van der Waals surface area contributed by atoms with Gasteiger partial charge in [0.15, 0.2) is 0 Å². The van der Waals surface area contributed by atoms with Crippen molar-refractivity contribution in [3.05, 3.63) is 88.9 Å². The van der Waals surface area contributed by atoms with Crippen molar-refractivity contribution in [2.45, 2.75) is 39.5 Å². The van der Waals surface area contributed by atoms with Crippen molar-refractivity contribution in [1.29, 1.82) is 0 Å². The van der Waals surface area contributed by atoms with E-state index in [1.165, 1.54) is 0 Å². The molecule has 3 aromatic carbocycles. The van der Waals surface area contributed by atoms with Gasteiger partial charge in [-0.05, 0) is 79.4 Å². The van der Waals surface area contributed by atoms with Gasteiger partial charge in [0, 0.05) is 11.6 Å². The van der Waals surface area contributed by atoms with Crippen molar-refractivity contribution in [2.75, 3.05) is 0 Å². The Hall–Kier alpha value is -2.98. The topological polar surface area (TPSA) is 47.6 Å². The van der Waals surface area contributed by atoms with Gasteiger partial charge >= 0.3 is 6.09 Å². The highest BCUT2D eigenvalue weighted by Gasteiger charge is 2.15. The molecule has 3 rings (SSSR count). The van der Waals surface area contributed by atoms with E-state index in [2.05, 4.69) is 11.4 Å². The van der Waals surface area contributed by atoms with Gasteiger partial charge < -0.3 is 14.8 Å². The van der Waals surface area contributed by atoms with Crippen LogP contribution in [0, 0.1) is 0 Å². The Morgan fingerprint density at radius 2 is 1.63 bits per heavy atom. The van der Waals surface area contributed by atoms with Crippen LogP contribution >= 0.6 is 11.6 Å². The molecule has 0 aromatic heterocycles. The lowest BCUT2D eigenvalue weighted by atomic mass is 10.0. The van der Waals surface area contributed by atoms with Crippen molar-refractivity contribution in [3.63, 3.8) is 0 Å². The number of nitrogens with one attached hydrogen (secondary N) is 1. The molecule has 0 saturated heterocycles. The maximum Gasteiger partial charge on any atom is 0.407 e. The summed E-state index contributed by atoms with van der Waals surface area (Å²) in [5.41, 5.74) is 3.44. The number of halogens is 1. The van der Waals surface area contributed by atoms with E-state index in [0.29, 0.717) is 18.2 Å². The van der Waals surface area contributed by atoms with E-state index in [1.54, 1.807) is 0 Å². The van der Waals surface area contributed by atoms with Gasteiger partial charge in [0.2, 0.25) is 0 Å². The second kappa shape index (κ2) is 9.68. The van der Waals surface area contributed by atoms with Crippen LogP contribution in [0.25, 0.3) is 11.1 Å². The summed E-state index contributed by atoms with van der Waals surface area (Å²) < 4.78 is 11.1. The van der Waals surface area contributed by atoms with Crippen molar-refractivity contribution >= 4 is 17.7 Å². The Kier molecular flexibility index (Phi) is 7.01. The number of para-hydroxylation sites is 1. The standard InChI is InChI=1S/C25H26ClNO3/c1-25(2,3)30-24(28)27-16-18-8-7-9-20(12-18)21-13-19(14-22(26)15-21)17-29-23-10-5-4-6-11-23/h4-15H,16-17H2,1-3H3,(H,27,28). The Morgan fingerprint density at radius 3 is 2.37 bits per heavy atom. The first-order valence-corrected chi connectivity index (χ1v) is 10.2. The summed E-state index contributed by atoms with van der Waals surface area (Å²) in [6.45, 7) is 6.33. The number of hydrogen-bond acceptors (Lipinski definition) is 3. The molecule has 0 heterocycles. The smallest absolute Gasteiger partial charge is 0.407 e. The van der Waals surface area contributed by atoms with Crippen LogP contribution in [-0.2, 0) is 17.9 Å². The van der Waals surface area contributed by atoms with Crippen molar-refractivity contribution in [3.8, 4) is 16.9 Å². The third-order valence-electron chi connectivity index (χ3n) is 4.20. The maximum atomic E-state index is 11.9. The monoisotopic (exact) mass is 423 g/mol. The molecule has 0 unspecified atom stereocenters.